The minimum Gasteiger partial charge on any atom is -0.392 e. The molecule has 1 saturated heterocycles. The highest BCUT2D eigenvalue weighted by atomic mass is 32.2. The van der Waals surface area contributed by atoms with Crippen molar-refractivity contribution in [2.45, 2.75) is 57.9 Å². The lowest BCUT2D eigenvalue weighted by atomic mass is 10.0. The maximum absolute atomic E-state index is 12.3. The lowest BCUT2D eigenvalue weighted by Crippen LogP contribution is -2.47. The van der Waals surface area contributed by atoms with Crippen LogP contribution in [0.3, 0.4) is 0 Å². The first kappa shape index (κ1) is 13.9. The van der Waals surface area contributed by atoms with E-state index in [0.29, 0.717) is 6.42 Å². The monoisotopic (exact) mass is 249 g/mol. The van der Waals surface area contributed by atoms with E-state index in [0.717, 1.165) is 0 Å². The second-order valence-corrected chi connectivity index (χ2v) is 8.53. The highest BCUT2D eigenvalue weighted by Crippen LogP contribution is 2.32. The van der Waals surface area contributed by atoms with Gasteiger partial charge in [0.25, 0.3) is 0 Å². The molecule has 4 nitrogen and oxygen atoms in total. The molecule has 5 heteroatoms. The van der Waals surface area contributed by atoms with Crippen molar-refractivity contribution in [2.75, 3.05) is 6.54 Å². The molecule has 1 rings (SSSR count). The average molecular weight is 249 g/mol. The zero-order valence-electron chi connectivity index (χ0n) is 10.8. The number of sulfonamides is 1. The summed E-state index contributed by atoms with van der Waals surface area (Å²) in [6, 6.07) is -0.0702. The van der Waals surface area contributed by atoms with Crippen molar-refractivity contribution >= 4 is 10.0 Å². The van der Waals surface area contributed by atoms with Crippen molar-refractivity contribution in [3.63, 3.8) is 0 Å². The molecule has 1 fully saturated rings. The van der Waals surface area contributed by atoms with Crippen molar-refractivity contribution in [3.05, 3.63) is 0 Å². The van der Waals surface area contributed by atoms with Crippen LogP contribution < -0.4 is 0 Å². The van der Waals surface area contributed by atoms with Gasteiger partial charge in [0.05, 0.1) is 10.9 Å². The molecule has 0 aliphatic carbocycles. The summed E-state index contributed by atoms with van der Waals surface area (Å²) in [4.78, 5) is 0. The molecule has 0 spiro atoms. The molecule has 16 heavy (non-hydrogen) atoms. The third kappa shape index (κ3) is 2.41. The summed E-state index contributed by atoms with van der Waals surface area (Å²) in [5.74, 6) is 0.231. The second-order valence-electron chi connectivity index (χ2n) is 5.89. The Bertz CT molecular complexity index is 343. The van der Waals surface area contributed by atoms with Crippen molar-refractivity contribution in [2.24, 2.45) is 5.92 Å². The molecule has 2 atom stereocenters. The summed E-state index contributed by atoms with van der Waals surface area (Å²) in [6.45, 7) is 9.32. The molecule has 0 saturated carbocycles. The fourth-order valence-corrected chi connectivity index (χ4v) is 3.80. The Kier molecular flexibility index (Phi) is 3.72. The smallest absolute Gasteiger partial charge is 0.219 e. The molecule has 1 N–H and O–H groups in total. The number of hydrogen-bond acceptors (Lipinski definition) is 3. The fourth-order valence-electron chi connectivity index (χ4n) is 2.05. The van der Waals surface area contributed by atoms with E-state index >= 15 is 0 Å². The van der Waals surface area contributed by atoms with Crippen LogP contribution in [0.2, 0.25) is 0 Å². The van der Waals surface area contributed by atoms with E-state index in [1.165, 1.54) is 4.31 Å². The Balaban J connectivity index is 3.04. The van der Waals surface area contributed by atoms with E-state index < -0.39 is 20.9 Å². The summed E-state index contributed by atoms with van der Waals surface area (Å²) in [7, 11) is -3.33. The molecule has 1 aliphatic heterocycles. The normalized spacial score (nSPS) is 28.9. The average Bonchev–Trinajstić information content (AvgIpc) is 2.45. The van der Waals surface area contributed by atoms with Gasteiger partial charge >= 0.3 is 0 Å². The molecule has 96 valence electrons. The second kappa shape index (κ2) is 4.27. The van der Waals surface area contributed by atoms with Gasteiger partial charge in [0.2, 0.25) is 10.0 Å². The minimum absolute atomic E-state index is 0.0702. The van der Waals surface area contributed by atoms with Gasteiger partial charge in [-0.2, -0.15) is 4.31 Å². The zero-order valence-corrected chi connectivity index (χ0v) is 11.6. The summed E-state index contributed by atoms with van der Waals surface area (Å²) < 4.78 is 25.3. The molecule has 0 amide bonds. The molecular weight excluding hydrogens is 226 g/mol. The maximum atomic E-state index is 12.3. The molecule has 0 bridgehead atoms. The van der Waals surface area contributed by atoms with Crippen LogP contribution in [-0.4, -0.2) is 41.3 Å². The van der Waals surface area contributed by atoms with Crippen LogP contribution in [0, 0.1) is 5.92 Å². The van der Waals surface area contributed by atoms with Crippen LogP contribution in [0.15, 0.2) is 0 Å². The zero-order chi connectivity index (χ0) is 12.7. The van der Waals surface area contributed by atoms with Crippen LogP contribution >= 0.6 is 0 Å². The minimum atomic E-state index is -3.33. The van der Waals surface area contributed by atoms with Crippen LogP contribution in [0.25, 0.3) is 0 Å². The van der Waals surface area contributed by atoms with Gasteiger partial charge in [-0.3, -0.25) is 0 Å². The van der Waals surface area contributed by atoms with Crippen molar-refractivity contribution < 1.29 is 13.5 Å². The Morgan fingerprint density at radius 2 is 1.81 bits per heavy atom. The molecule has 0 aromatic heterocycles. The first-order valence-electron chi connectivity index (χ1n) is 5.77. The maximum Gasteiger partial charge on any atom is 0.219 e. The van der Waals surface area contributed by atoms with Gasteiger partial charge in [-0.05, 0) is 33.1 Å². The highest BCUT2D eigenvalue weighted by Gasteiger charge is 2.45. The lowest BCUT2D eigenvalue weighted by Gasteiger charge is -2.32. The van der Waals surface area contributed by atoms with E-state index in [2.05, 4.69) is 0 Å². The number of hydrogen-bond donors (Lipinski definition) is 1. The Morgan fingerprint density at radius 3 is 2.19 bits per heavy atom. The van der Waals surface area contributed by atoms with Gasteiger partial charge in [-0.25, -0.2) is 8.42 Å². The predicted molar refractivity (Wildman–Crippen MR) is 64.6 cm³/mol. The van der Waals surface area contributed by atoms with E-state index in [1.807, 2.05) is 13.8 Å². The largest absolute Gasteiger partial charge is 0.392 e. The summed E-state index contributed by atoms with van der Waals surface area (Å²) >= 11 is 0. The molecule has 1 heterocycles. The molecule has 0 aromatic rings. The van der Waals surface area contributed by atoms with Gasteiger partial charge < -0.3 is 5.11 Å². The van der Waals surface area contributed by atoms with E-state index in [9.17, 15) is 13.5 Å². The van der Waals surface area contributed by atoms with Crippen LogP contribution in [0.4, 0.5) is 0 Å². The molecule has 0 unspecified atom stereocenters. The van der Waals surface area contributed by atoms with Crippen molar-refractivity contribution in [3.8, 4) is 0 Å². The molecule has 1 aliphatic rings. The Labute approximate surface area is 98.7 Å². The highest BCUT2D eigenvalue weighted by molar-refractivity contribution is 7.90. The summed E-state index contributed by atoms with van der Waals surface area (Å²) in [6.07, 6.45) is 0.0250. The van der Waals surface area contributed by atoms with Gasteiger partial charge in [0, 0.05) is 12.6 Å². The number of nitrogens with zero attached hydrogens (tertiary/aromatic N) is 1. The van der Waals surface area contributed by atoms with Crippen molar-refractivity contribution in [1.29, 1.82) is 0 Å². The van der Waals surface area contributed by atoms with Gasteiger partial charge in [0.1, 0.15) is 0 Å². The fraction of sp³-hybridized carbons (Fsp3) is 1.00. The summed E-state index contributed by atoms with van der Waals surface area (Å²) in [5.41, 5.74) is 0. The summed E-state index contributed by atoms with van der Waals surface area (Å²) in [5, 5.41) is 9.64. The first-order valence-corrected chi connectivity index (χ1v) is 7.21. The number of aliphatic hydroxyl groups is 1. The number of aliphatic hydroxyl groups excluding tert-OH is 1. The first-order chi connectivity index (χ1) is 7.07. The van der Waals surface area contributed by atoms with Gasteiger partial charge in [-0.15, -0.1) is 0 Å². The third-order valence-corrected chi connectivity index (χ3v) is 5.71. The quantitative estimate of drug-likeness (QED) is 0.800. The predicted octanol–water partition coefficient (Wildman–Crippen LogP) is 1.21. The van der Waals surface area contributed by atoms with Gasteiger partial charge in [0.15, 0.2) is 0 Å². The van der Waals surface area contributed by atoms with Crippen LogP contribution in [-0.2, 0) is 10.0 Å². The van der Waals surface area contributed by atoms with Crippen LogP contribution in [0.1, 0.15) is 41.0 Å². The van der Waals surface area contributed by atoms with Crippen LogP contribution in [0.5, 0.6) is 0 Å². The van der Waals surface area contributed by atoms with Crippen molar-refractivity contribution in [1.82, 2.24) is 4.31 Å². The number of β-amino-alcohol motifs (C(OH)–C–C–N with tert-alkyl or cyclic N) is 1. The van der Waals surface area contributed by atoms with E-state index in [4.69, 9.17) is 0 Å². The van der Waals surface area contributed by atoms with E-state index in [-0.39, 0.29) is 18.5 Å². The molecule has 0 radical (unpaired) electrons. The van der Waals surface area contributed by atoms with Gasteiger partial charge in [-0.1, -0.05) is 13.8 Å². The topological polar surface area (TPSA) is 57.6 Å². The molecular formula is C11H23NO3S. The SMILES string of the molecule is CC(C)[C@H]1C[C@H](O)CN1S(=O)(=O)C(C)(C)C. The van der Waals surface area contributed by atoms with E-state index in [1.54, 1.807) is 20.8 Å². The lowest BCUT2D eigenvalue weighted by molar-refractivity contribution is 0.187. The Morgan fingerprint density at radius 1 is 1.31 bits per heavy atom. The standard InChI is InChI=1S/C11H23NO3S/c1-8(2)10-6-9(13)7-12(10)16(14,15)11(3,4)5/h8-10,13H,6-7H2,1-5H3/t9-,10+/m0/s1. The number of rotatable bonds is 2. The Hall–Kier alpha value is -0.130. The molecule has 0 aromatic carbocycles. The third-order valence-electron chi connectivity index (χ3n) is 3.13.